The molecule has 1 aromatic heterocycles. The van der Waals surface area contributed by atoms with E-state index >= 15 is 0 Å². The van der Waals surface area contributed by atoms with Crippen LogP contribution in [-0.4, -0.2) is 46.0 Å². The maximum Gasteiger partial charge on any atom is 0.345 e. The van der Waals surface area contributed by atoms with Crippen LogP contribution in [0.2, 0.25) is 5.02 Å². The quantitative estimate of drug-likeness (QED) is 0.302. The summed E-state index contributed by atoms with van der Waals surface area (Å²) in [5.74, 6) is -0.0916. The van der Waals surface area contributed by atoms with Gasteiger partial charge in [-0.05, 0) is 56.5 Å². The summed E-state index contributed by atoms with van der Waals surface area (Å²) < 4.78 is 39.1. The number of pyridine rings is 1. The minimum Gasteiger partial charge on any atom is -0.465 e. The maximum atomic E-state index is 12.7. The van der Waals surface area contributed by atoms with Gasteiger partial charge in [0.25, 0.3) is 10.1 Å². The number of hydrogen-bond donors (Lipinski definition) is 0. The molecule has 2 rings (SSSR count). The van der Waals surface area contributed by atoms with E-state index in [0.717, 1.165) is 17.4 Å². The number of halogens is 1. The molecule has 0 spiro atoms. The molecule has 0 atom stereocenters. The SMILES string of the molecule is CCCN(COS(C)(=O)=O)c1cc(C)nc(Oc2c(C)cc(Cl)cc2C)c1C(=O)OC. The molecule has 10 heteroatoms. The average Bonchev–Trinajstić information content (AvgIpc) is 2.66. The Morgan fingerprint density at radius 1 is 1.16 bits per heavy atom. The fourth-order valence-electron chi connectivity index (χ4n) is 3.08. The summed E-state index contributed by atoms with van der Waals surface area (Å²) in [7, 11) is -2.43. The molecule has 0 saturated heterocycles. The van der Waals surface area contributed by atoms with Crippen molar-refractivity contribution in [1.82, 2.24) is 4.98 Å². The van der Waals surface area contributed by atoms with Gasteiger partial charge in [-0.1, -0.05) is 18.5 Å². The lowest BCUT2D eigenvalue weighted by Gasteiger charge is -2.26. The van der Waals surface area contributed by atoms with Crippen LogP contribution >= 0.6 is 11.6 Å². The van der Waals surface area contributed by atoms with E-state index in [4.69, 9.17) is 25.3 Å². The third-order valence-electron chi connectivity index (χ3n) is 4.36. The lowest BCUT2D eigenvalue weighted by molar-refractivity contribution is 0.0597. The zero-order chi connectivity index (χ0) is 23.3. The fraction of sp³-hybridized carbons (Fsp3) is 0.429. The molecular formula is C21H27ClN2O6S. The Kier molecular flexibility index (Phi) is 8.27. The molecule has 0 aliphatic rings. The normalized spacial score (nSPS) is 11.3. The van der Waals surface area contributed by atoms with E-state index in [1.807, 2.05) is 20.8 Å². The number of anilines is 1. The first-order chi connectivity index (χ1) is 14.5. The van der Waals surface area contributed by atoms with Gasteiger partial charge in [-0.15, -0.1) is 0 Å². The zero-order valence-electron chi connectivity index (χ0n) is 18.5. The van der Waals surface area contributed by atoms with Crippen molar-refractivity contribution < 1.29 is 26.9 Å². The van der Waals surface area contributed by atoms with Gasteiger partial charge in [-0.25, -0.2) is 14.0 Å². The zero-order valence-corrected chi connectivity index (χ0v) is 20.1. The summed E-state index contributed by atoms with van der Waals surface area (Å²) in [6, 6.07) is 5.17. The van der Waals surface area contributed by atoms with Gasteiger partial charge in [0, 0.05) is 17.3 Å². The molecule has 2 aromatic rings. The van der Waals surface area contributed by atoms with Crippen LogP contribution in [0.3, 0.4) is 0 Å². The highest BCUT2D eigenvalue weighted by Crippen LogP contribution is 2.36. The van der Waals surface area contributed by atoms with Crippen molar-refractivity contribution >= 4 is 33.4 Å². The monoisotopic (exact) mass is 470 g/mol. The summed E-state index contributed by atoms with van der Waals surface area (Å²) >= 11 is 6.11. The van der Waals surface area contributed by atoms with Gasteiger partial charge in [0.1, 0.15) is 18.0 Å². The summed E-state index contributed by atoms with van der Waals surface area (Å²) in [4.78, 5) is 18.8. The lowest BCUT2D eigenvalue weighted by atomic mass is 10.1. The van der Waals surface area contributed by atoms with Gasteiger partial charge in [0.15, 0.2) is 0 Å². The summed E-state index contributed by atoms with van der Waals surface area (Å²) in [5, 5.41) is 0.570. The Morgan fingerprint density at radius 2 is 1.77 bits per heavy atom. The average molecular weight is 471 g/mol. The van der Waals surface area contributed by atoms with Crippen LogP contribution in [0.4, 0.5) is 5.69 Å². The Morgan fingerprint density at radius 3 is 2.29 bits per heavy atom. The molecule has 0 saturated carbocycles. The number of rotatable bonds is 9. The third-order valence-corrected chi connectivity index (χ3v) is 5.12. The van der Waals surface area contributed by atoms with E-state index in [1.54, 1.807) is 30.0 Å². The number of carbonyl (C=O) groups excluding carboxylic acids is 1. The number of ether oxygens (including phenoxy) is 2. The molecule has 31 heavy (non-hydrogen) atoms. The van der Waals surface area contributed by atoms with Crippen LogP contribution in [0.5, 0.6) is 11.6 Å². The van der Waals surface area contributed by atoms with E-state index in [2.05, 4.69) is 4.98 Å². The number of benzene rings is 1. The standard InChI is InChI=1S/C21H27ClN2O6S/c1-7-8-24(12-29-31(6,26)27)17-11-15(4)23-20(18(17)21(25)28-5)30-19-13(2)9-16(22)10-14(19)3/h9-11H,7-8,12H2,1-6H3. The molecule has 1 heterocycles. The van der Waals surface area contributed by atoms with E-state index < -0.39 is 16.1 Å². The third kappa shape index (κ3) is 6.56. The van der Waals surface area contributed by atoms with Crippen molar-refractivity contribution in [2.24, 2.45) is 0 Å². The molecule has 170 valence electrons. The minimum absolute atomic E-state index is 0.0517. The summed E-state index contributed by atoms with van der Waals surface area (Å²) in [5.41, 5.74) is 2.60. The fourth-order valence-corrected chi connectivity index (χ4v) is 3.73. The Hall–Kier alpha value is -2.36. The van der Waals surface area contributed by atoms with Gasteiger partial charge in [-0.3, -0.25) is 0 Å². The molecule has 1 aromatic carbocycles. The van der Waals surface area contributed by atoms with Crippen LogP contribution in [0, 0.1) is 20.8 Å². The molecule has 8 nitrogen and oxygen atoms in total. The van der Waals surface area contributed by atoms with Gasteiger partial charge in [0.05, 0.1) is 19.1 Å². The van der Waals surface area contributed by atoms with Crippen LogP contribution in [0.15, 0.2) is 18.2 Å². The van der Waals surface area contributed by atoms with Crippen LogP contribution < -0.4 is 9.64 Å². The van der Waals surface area contributed by atoms with Crippen molar-refractivity contribution in [3.63, 3.8) is 0 Å². The number of carbonyl (C=O) groups is 1. The van der Waals surface area contributed by atoms with Crippen LogP contribution in [0.1, 0.15) is 40.5 Å². The van der Waals surface area contributed by atoms with Crippen molar-refractivity contribution in [2.75, 3.05) is 31.5 Å². The van der Waals surface area contributed by atoms with Gasteiger partial charge in [0.2, 0.25) is 5.88 Å². The number of hydrogen-bond acceptors (Lipinski definition) is 8. The molecule has 0 bridgehead atoms. The second-order valence-electron chi connectivity index (χ2n) is 7.14. The topological polar surface area (TPSA) is 95.0 Å². The second-order valence-corrected chi connectivity index (χ2v) is 9.22. The van der Waals surface area contributed by atoms with E-state index in [-0.39, 0.29) is 18.2 Å². The Bertz CT molecular complexity index is 1050. The van der Waals surface area contributed by atoms with Crippen molar-refractivity contribution in [1.29, 1.82) is 0 Å². The van der Waals surface area contributed by atoms with Gasteiger partial charge < -0.3 is 14.4 Å². The number of aryl methyl sites for hydroxylation is 3. The lowest BCUT2D eigenvalue weighted by Crippen LogP contribution is -2.30. The van der Waals surface area contributed by atoms with Crippen LogP contribution in [-0.2, 0) is 19.0 Å². The molecule has 0 aliphatic carbocycles. The molecular weight excluding hydrogens is 444 g/mol. The van der Waals surface area contributed by atoms with Crippen molar-refractivity contribution in [3.05, 3.63) is 45.6 Å². The van der Waals surface area contributed by atoms with Gasteiger partial charge >= 0.3 is 5.97 Å². The summed E-state index contributed by atoms with van der Waals surface area (Å²) in [6.07, 6.45) is 1.65. The minimum atomic E-state index is -3.69. The number of methoxy groups -OCH3 is 1. The van der Waals surface area contributed by atoms with Crippen molar-refractivity contribution in [3.8, 4) is 11.6 Å². The first kappa shape index (κ1) is 24.9. The van der Waals surface area contributed by atoms with E-state index in [9.17, 15) is 13.2 Å². The predicted molar refractivity (Wildman–Crippen MR) is 120 cm³/mol. The first-order valence-corrected chi connectivity index (χ1v) is 11.8. The van der Waals surface area contributed by atoms with E-state index in [1.165, 1.54) is 7.11 Å². The molecule has 0 radical (unpaired) electrons. The van der Waals surface area contributed by atoms with E-state index in [0.29, 0.717) is 35.1 Å². The molecule has 0 N–H and O–H groups in total. The predicted octanol–water partition coefficient (Wildman–Crippen LogP) is 4.39. The Labute approximate surface area is 188 Å². The number of aromatic nitrogens is 1. The van der Waals surface area contributed by atoms with Crippen LogP contribution in [0.25, 0.3) is 0 Å². The molecule has 0 aliphatic heterocycles. The number of esters is 1. The highest BCUT2D eigenvalue weighted by molar-refractivity contribution is 7.85. The first-order valence-electron chi connectivity index (χ1n) is 9.60. The Balaban J connectivity index is 2.64. The molecule has 0 unspecified atom stereocenters. The molecule has 0 fully saturated rings. The van der Waals surface area contributed by atoms with Gasteiger partial charge in [-0.2, -0.15) is 8.42 Å². The highest BCUT2D eigenvalue weighted by Gasteiger charge is 2.26. The summed E-state index contributed by atoms with van der Waals surface area (Å²) in [6.45, 7) is 7.52. The second kappa shape index (κ2) is 10.3. The van der Waals surface area contributed by atoms with Crippen molar-refractivity contribution in [2.45, 2.75) is 34.1 Å². The highest BCUT2D eigenvalue weighted by atomic mass is 35.5. The maximum absolute atomic E-state index is 12.7. The molecule has 0 amide bonds. The number of nitrogens with zero attached hydrogens (tertiary/aromatic N) is 2. The smallest absolute Gasteiger partial charge is 0.345 e. The largest absolute Gasteiger partial charge is 0.465 e.